The molecule has 0 bridgehead atoms. The Bertz CT molecular complexity index is 170. The number of hydrogen-bond donors (Lipinski definition) is 1. The van der Waals surface area contributed by atoms with Crippen LogP contribution in [0.4, 0.5) is 4.79 Å². The normalized spacial score (nSPS) is 19.8. The summed E-state index contributed by atoms with van der Waals surface area (Å²) < 4.78 is 0.0723. The fourth-order valence-electron chi connectivity index (χ4n) is 1.07. The third-order valence-corrected chi connectivity index (χ3v) is 2.81. The summed E-state index contributed by atoms with van der Waals surface area (Å²) in [5, 5.41) is 9.50. The lowest BCUT2D eigenvalue weighted by molar-refractivity contribution is -0.0419. The van der Waals surface area contributed by atoms with E-state index >= 15 is 0 Å². The zero-order valence-electron chi connectivity index (χ0n) is 6.67. The topological polar surface area (TPSA) is 40.5 Å². The molecule has 1 amide bonds. The van der Waals surface area contributed by atoms with Crippen molar-refractivity contribution in [3.63, 3.8) is 0 Å². The Kier molecular flexibility index (Phi) is 2.43. The molecule has 1 N–H and O–H groups in total. The maximum atomic E-state index is 10.7. The number of carbonyl (C=O) groups is 1. The molecule has 64 valence electrons. The Labute approximate surface area is 79.9 Å². The van der Waals surface area contributed by atoms with Gasteiger partial charge in [0.1, 0.15) is 0 Å². The van der Waals surface area contributed by atoms with Gasteiger partial charge in [0.15, 0.2) is 0 Å². The van der Waals surface area contributed by atoms with E-state index < -0.39 is 5.60 Å². The first-order chi connectivity index (χ1) is 4.91. The summed E-state index contributed by atoms with van der Waals surface area (Å²) in [6.45, 7) is 4.97. The van der Waals surface area contributed by atoms with E-state index in [0.717, 1.165) is 0 Å². The molecule has 1 rings (SSSR count). The highest BCUT2D eigenvalue weighted by molar-refractivity contribution is 14.1. The van der Waals surface area contributed by atoms with Crippen molar-refractivity contribution in [2.45, 2.75) is 19.4 Å². The summed E-state index contributed by atoms with van der Waals surface area (Å²) in [4.78, 5) is 12.5. The van der Waals surface area contributed by atoms with Crippen LogP contribution < -0.4 is 0 Å². The molecular formula is C7H12INO2. The zero-order chi connectivity index (χ0) is 8.65. The average Bonchev–Trinajstić information content (AvgIpc) is 1.51. The number of carbonyl (C=O) groups excluding carboxylic acids is 1. The van der Waals surface area contributed by atoms with E-state index in [-0.39, 0.29) is 9.83 Å². The highest BCUT2D eigenvalue weighted by atomic mass is 127. The molecule has 0 atom stereocenters. The lowest BCUT2D eigenvalue weighted by Crippen LogP contribution is -2.56. The van der Waals surface area contributed by atoms with Gasteiger partial charge in [-0.1, -0.05) is 0 Å². The predicted octanol–water partition coefficient (Wildman–Crippen LogP) is 1.24. The Balaban J connectivity index is 2.35. The average molecular weight is 269 g/mol. The highest BCUT2D eigenvalue weighted by Gasteiger charge is 2.38. The second-order valence-corrected chi connectivity index (χ2v) is 4.43. The van der Waals surface area contributed by atoms with E-state index in [2.05, 4.69) is 0 Å². The second-order valence-electron chi connectivity index (χ2n) is 3.51. The third-order valence-electron chi connectivity index (χ3n) is 2.13. The standard InChI is InChI=1S/C7H12INO2/c1-7(2,11)5-3-9(4-5)6(8)10/h5,11H,3-4H2,1-2H3. The molecule has 1 aliphatic heterocycles. The number of amides is 1. The van der Waals surface area contributed by atoms with Crippen molar-refractivity contribution in [2.75, 3.05) is 13.1 Å². The molecule has 1 fully saturated rings. The first-order valence-electron chi connectivity index (χ1n) is 3.58. The van der Waals surface area contributed by atoms with E-state index in [1.165, 1.54) is 0 Å². The van der Waals surface area contributed by atoms with Crippen LogP contribution in [-0.2, 0) is 0 Å². The minimum absolute atomic E-state index is 0.0723. The molecule has 11 heavy (non-hydrogen) atoms. The van der Waals surface area contributed by atoms with Crippen LogP contribution in [0, 0.1) is 5.92 Å². The second kappa shape index (κ2) is 2.90. The summed E-state index contributed by atoms with van der Waals surface area (Å²) >= 11 is 1.76. The van der Waals surface area contributed by atoms with E-state index in [0.29, 0.717) is 13.1 Å². The molecular weight excluding hydrogens is 257 g/mol. The molecule has 0 aromatic heterocycles. The van der Waals surface area contributed by atoms with Gasteiger partial charge in [-0.3, -0.25) is 4.79 Å². The Morgan fingerprint density at radius 3 is 2.36 bits per heavy atom. The first-order valence-corrected chi connectivity index (χ1v) is 4.66. The largest absolute Gasteiger partial charge is 0.390 e. The van der Waals surface area contributed by atoms with Gasteiger partial charge in [-0.15, -0.1) is 0 Å². The molecule has 0 saturated carbocycles. The molecule has 4 heteroatoms. The maximum Gasteiger partial charge on any atom is 0.283 e. The number of hydrogen-bond acceptors (Lipinski definition) is 2. The SMILES string of the molecule is CC(C)(O)C1CN(C(=O)I)C1. The molecule has 0 aromatic carbocycles. The monoisotopic (exact) mass is 269 g/mol. The van der Waals surface area contributed by atoms with E-state index in [4.69, 9.17) is 0 Å². The van der Waals surface area contributed by atoms with Crippen LogP contribution in [0.25, 0.3) is 0 Å². The quantitative estimate of drug-likeness (QED) is 0.442. The van der Waals surface area contributed by atoms with Crippen molar-refractivity contribution in [3.05, 3.63) is 0 Å². The molecule has 0 aliphatic carbocycles. The number of rotatable bonds is 1. The van der Waals surface area contributed by atoms with Crippen molar-refractivity contribution < 1.29 is 9.90 Å². The van der Waals surface area contributed by atoms with Crippen LogP contribution in [-0.4, -0.2) is 32.6 Å². The summed E-state index contributed by atoms with van der Waals surface area (Å²) in [5.41, 5.74) is -0.636. The van der Waals surface area contributed by atoms with Crippen molar-refractivity contribution >= 4 is 26.5 Å². The minimum atomic E-state index is -0.636. The number of halogens is 1. The third kappa shape index (κ3) is 2.05. The van der Waals surface area contributed by atoms with Crippen molar-refractivity contribution in [2.24, 2.45) is 5.92 Å². The van der Waals surface area contributed by atoms with Crippen LogP contribution in [0.2, 0.25) is 0 Å². The van der Waals surface area contributed by atoms with E-state index in [1.807, 2.05) is 0 Å². The molecule has 0 radical (unpaired) electrons. The van der Waals surface area contributed by atoms with Crippen LogP contribution in [0.3, 0.4) is 0 Å². The molecule has 0 aromatic rings. The van der Waals surface area contributed by atoms with Gasteiger partial charge in [0.2, 0.25) is 0 Å². The molecule has 1 aliphatic rings. The Morgan fingerprint density at radius 1 is 1.64 bits per heavy atom. The maximum absolute atomic E-state index is 10.7. The van der Waals surface area contributed by atoms with Crippen molar-refractivity contribution in [3.8, 4) is 0 Å². The lowest BCUT2D eigenvalue weighted by atomic mass is 9.85. The fraction of sp³-hybridized carbons (Fsp3) is 0.857. The van der Waals surface area contributed by atoms with Gasteiger partial charge >= 0.3 is 0 Å². The molecule has 1 heterocycles. The van der Waals surface area contributed by atoms with Crippen LogP contribution >= 0.6 is 22.6 Å². The fourth-order valence-corrected chi connectivity index (χ4v) is 1.46. The summed E-state index contributed by atoms with van der Waals surface area (Å²) in [7, 11) is 0. The molecule has 0 spiro atoms. The van der Waals surface area contributed by atoms with Gasteiger partial charge < -0.3 is 10.0 Å². The van der Waals surface area contributed by atoms with Crippen LogP contribution in [0.15, 0.2) is 0 Å². The van der Waals surface area contributed by atoms with E-state index in [1.54, 1.807) is 41.3 Å². The van der Waals surface area contributed by atoms with E-state index in [9.17, 15) is 9.90 Å². The smallest absolute Gasteiger partial charge is 0.283 e. The summed E-state index contributed by atoms with van der Waals surface area (Å²) in [6.07, 6.45) is 0. The number of aliphatic hydroxyl groups is 1. The van der Waals surface area contributed by atoms with Gasteiger partial charge in [-0.2, -0.15) is 0 Å². The van der Waals surface area contributed by atoms with Crippen molar-refractivity contribution in [1.29, 1.82) is 0 Å². The number of nitrogens with zero attached hydrogens (tertiary/aromatic N) is 1. The van der Waals surface area contributed by atoms with Crippen LogP contribution in [0.1, 0.15) is 13.8 Å². The Hall–Kier alpha value is 0.160. The highest BCUT2D eigenvalue weighted by Crippen LogP contribution is 2.27. The van der Waals surface area contributed by atoms with Gasteiger partial charge in [-0.25, -0.2) is 0 Å². The van der Waals surface area contributed by atoms with Gasteiger partial charge in [0.05, 0.1) is 5.60 Å². The van der Waals surface area contributed by atoms with Gasteiger partial charge in [0.25, 0.3) is 3.91 Å². The summed E-state index contributed by atoms with van der Waals surface area (Å²) in [5.74, 6) is 0.251. The minimum Gasteiger partial charge on any atom is -0.390 e. The lowest BCUT2D eigenvalue weighted by Gasteiger charge is -2.44. The number of likely N-dealkylation sites (tertiary alicyclic amines) is 1. The molecule has 0 unspecified atom stereocenters. The summed E-state index contributed by atoms with van der Waals surface area (Å²) in [6, 6.07) is 0. The Morgan fingerprint density at radius 2 is 2.09 bits per heavy atom. The predicted molar refractivity (Wildman–Crippen MR) is 50.8 cm³/mol. The first kappa shape index (κ1) is 9.25. The zero-order valence-corrected chi connectivity index (χ0v) is 8.83. The van der Waals surface area contributed by atoms with Crippen LogP contribution in [0.5, 0.6) is 0 Å². The molecule has 3 nitrogen and oxygen atoms in total. The van der Waals surface area contributed by atoms with Gasteiger partial charge in [-0.05, 0) is 13.8 Å². The molecule has 1 saturated heterocycles. The van der Waals surface area contributed by atoms with Gasteiger partial charge in [0, 0.05) is 41.6 Å². The van der Waals surface area contributed by atoms with Crippen molar-refractivity contribution in [1.82, 2.24) is 4.90 Å².